The van der Waals surface area contributed by atoms with Gasteiger partial charge in [-0.3, -0.25) is 9.59 Å². The van der Waals surface area contributed by atoms with Gasteiger partial charge in [0.25, 0.3) is 5.91 Å². The van der Waals surface area contributed by atoms with Gasteiger partial charge in [-0.15, -0.1) is 0 Å². The van der Waals surface area contributed by atoms with Crippen LogP contribution in [0.15, 0.2) is 18.2 Å². The van der Waals surface area contributed by atoms with E-state index in [0.717, 1.165) is 0 Å². The van der Waals surface area contributed by atoms with E-state index in [2.05, 4.69) is 5.32 Å². The molecule has 0 spiro atoms. The first-order chi connectivity index (χ1) is 9.83. The van der Waals surface area contributed by atoms with Crippen LogP contribution >= 0.6 is 0 Å². The zero-order chi connectivity index (χ0) is 16.0. The molecule has 1 atom stereocenters. The predicted octanol–water partition coefficient (Wildman–Crippen LogP) is 2.08. The molecule has 21 heavy (non-hydrogen) atoms. The van der Waals surface area contributed by atoms with Crippen molar-refractivity contribution in [3.8, 4) is 11.5 Å². The highest BCUT2D eigenvalue weighted by atomic mass is 16.5. The molecule has 0 aliphatic heterocycles. The lowest BCUT2D eigenvalue weighted by atomic mass is 10.1. The van der Waals surface area contributed by atoms with Crippen LogP contribution in [0.4, 0.5) is 0 Å². The number of aliphatic carboxylic acids is 1. The van der Waals surface area contributed by atoms with Gasteiger partial charge in [-0.25, -0.2) is 0 Å². The molecule has 0 saturated heterocycles. The van der Waals surface area contributed by atoms with E-state index in [4.69, 9.17) is 14.6 Å². The minimum Gasteiger partial charge on any atom is -0.497 e. The van der Waals surface area contributed by atoms with E-state index in [1.807, 2.05) is 13.8 Å². The topological polar surface area (TPSA) is 84.9 Å². The van der Waals surface area contributed by atoms with Gasteiger partial charge in [0.2, 0.25) is 0 Å². The smallest absolute Gasteiger partial charge is 0.305 e. The first-order valence-corrected chi connectivity index (χ1v) is 6.70. The van der Waals surface area contributed by atoms with Gasteiger partial charge >= 0.3 is 5.97 Å². The lowest BCUT2D eigenvalue weighted by Gasteiger charge is -2.17. The van der Waals surface area contributed by atoms with E-state index in [9.17, 15) is 9.59 Å². The number of methoxy groups -OCH3 is 1. The normalized spacial score (nSPS) is 11.9. The Morgan fingerprint density at radius 2 is 1.95 bits per heavy atom. The fourth-order valence-corrected chi connectivity index (χ4v) is 1.78. The van der Waals surface area contributed by atoms with Crippen LogP contribution in [0.1, 0.15) is 37.6 Å². The Morgan fingerprint density at radius 1 is 1.29 bits per heavy atom. The van der Waals surface area contributed by atoms with E-state index in [0.29, 0.717) is 17.1 Å². The van der Waals surface area contributed by atoms with Crippen molar-refractivity contribution in [2.24, 2.45) is 0 Å². The largest absolute Gasteiger partial charge is 0.497 e. The third-order valence-corrected chi connectivity index (χ3v) is 2.65. The minimum atomic E-state index is -0.962. The Bertz CT molecular complexity index is 513. The molecule has 0 aliphatic carbocycles. The monoisotopic (exact) mass is 295 g/mol. The molecule has 116 valence electrons. The highest BCUT2D eigenvalue weighted by Crippen LogP contribution is 2.26. The number of carbonyl (C=O) groups is 2. The third kappa shape index (κ3) is 5.33. The molecule has 1 amide bonds. The third-order valence-electron chi connectivity index (χ3n) is 2.65. The second kappa shape index (κ2) is 7.52. The molecule has 0 heterocycles. The molecule has 0 radical (unpaired) electrons. The molecule has 1 rings (SSSR count). The number of ether oxygens (including phenoxy) is 2. The van der Waals surface area contributed by atoms with Crippen molar-refractivity contribution in [1.29, 1.82) is 0 Å². The first kappa shape index (κ1) is 16.8. The zero-order valence-corrected chi connectivity index (χ0v) is 12.7. The number of carboxylic acids is 1. The zero-order valence-electron chi connectivity index (χ0n) is 12.7. The molecule has 0 bridgehead atoms. The van der Waals surface area contributed by atoms with Crippen molar-refractivity contribution in [1.82, 2.24) is 5.32 Å². The molecule has 6 heteroatoms. The summed E-state index contributed by atoms with van der Waals surface area (Å²) in [6.07, 6.45) is -0.234. The lowest BCUT2D eigenvalue weighted by Crippen LogP contribution is -2.34. The molecule has 2 N–H and O–H groups in total. The quantitative estimate of drug-likeness (QED) is 0.804. The van der Waals surface area contributed by atoms with Crippen LogP contribution in [0.25, 0.3) is 0 Å². The van der Waals surface area contributed by atoms with Gasteiger partial charge in [0.05, 0.1) is 25.2 Å². The van der Waals surface area contributed by atoms with Crippen molar-refractivity contribution in [3.05, 3.63) is 23.8 Å². The number of nitrogens with one attached hydrogen (secondary N) is 1. The van der Waals surface area contributed by atoms with E-state index < -0.39 is 12.0 Å². The van der Waals surface area contributed by atoms with Crippen LogP contribution in [0, 0.1) is 0 Å². The van der Waals surface area contributed by atoms with Gasteiger partial charge in [-0.1, -0.05) is 0 Å². The number of carbonyl (C=O) groups excluding carboxylic acids is 1. The number of carboxylic acid groups (broad SMARTS) is 1. The molecule has 0 aliphatic rings. The summed E-state index contributed by atoms with van der Waals surface area (Å²) in [5, 5.41) is 11.4. The Kier molecular flexibility index (Phi) is 6.02. The van der Waals surface area contributed by atoms with E-state index in [1.54, 1.807) is 25.1 Å². The maximum Gasteiger partial charge on any atom is 0.305 e. The molecule has 1 aromatic rings. The fraction of sp³-hybridized carbons (Fsp3) is 0.467. The highest BCUT2D eigenvalue weighted by Gasteiger charge is 2.18. The summed E-state index contributed by atoms with van der Waals surface area (Å²) in [5.74, 6) is -0.344. The summed E-state index contributed by atoms with van der Waals surface area (Å²) < 4.78 is 10.7. The van der Waals surface area contributed by atoms with Gasteiger partial charge in [-0.2, -0.15) is 0 Å². The predicted molar refractivity (Wildman–Crippen MR) is 77.9 cm³/mol. The summed E-state index contributed by atoms with van der Waals surface area (Å²) in [5.41, 5.74) is 0.349. The van der Waals surface area contributed by atoms with Gasteiger partial charge in [0, 0.05) is 12.1 Å². The second-order valence-corrected chi connectivity index (χ2v) is 5.00. The average molecular weight is 295 g/mol. The van der Waals surface area contributed by atoms with Crippen LogP contribution in [0.5, 0.6) is 11.5 Å². The molecule has 0 fully saturated rings. The van der Waals surface area contributed by atoms with E-state index >= 15 is 0 Å². The number of rotatable bonds is 7. The number of amides is 1. The van der Waals surface area contributed by atoms with Crippen LogP contribution in [0.3, 0.4) is 0 Å². The molecule has 6 nitrogen and oxygen atoms in total. The maximum absolute atomic E-state index is 12.2. The van der Waals surface area contributed by atoms with Crippen molar-refractivity contribution >= 4 is 11.9 Å². The lowest BCUT2D eigenvalue weighted by molar-refractivity contribution is -0.137. The average Bonchev–Trinajstić information content (AvgIpc) is 2.36. The van der Waals surface area contributed by atoms with Crippen LogP contribution in [-0.2, 0) is 4.79 Å². The summed E-state index contributed by atoms with van der Waals surface area (Å²) in [4.78, 5) is 22.8. The summed E-state index contributed by atoms with van der Waals surface area (Å²) in [6, 6.07) is 4.42. The van der Waals surface area contributed by atoms with Crippen molar-refractivity contribution in [2.75, 3.05) is 7.11 Å². The maximum atomic E-state index is 12.2. The van der Waals surface area contributed by atoms with Gasteiger partial charge in [0.15, 0.2) is 0 Å². The van der Waals surface area contributed by atoms with Gasteiger partial charge in [-0.05, 0) is 32.9 Å². The van der Waals surface area contributed by atoms with Crippen molar-refractivity contribution in [2.45, 2.75) is 39.3 Å². The number of hydrogen-bond acceptors (Lipinski definition) is 4. The fourth-order valence-electron chi connectivity index (χ4n) is 1.78. The number of hydrogen-bond donors (Lipinski definition) is 2. The van der Waals surface area contributed by atoms with E-state index in [-0.39, 0.29) is 18.4 Å². The van der Waals surface area contributed by atoms with Gasteiger partial charge in [0.1, 0.15) is 11.5 Å². The minimum absolute atomic E-state index is 0.0971. The molecular formula is C15H21NO5. The SMILES string of the molecule is COc1ccc(C(=O)NC(C)CC(=O)O)c(OC(C)C)c1. The van der Waals surface area contributed by atoms with Gasteiger partial charge < -0.3 is 19.9 Å². The Hall–Kier alpha value is -2.24. The molecule has 0 aromatic heterocycles. The first-order valence-electron chi connectivity index (χ1n) is 6.70. The summed E-state index contributed by atoms with van der Waals surface area (Å²) >= 11 is 0. The van der Waals surface area contributed by atoms with Crippen molar-refractivity contribution in [3.63, 3.8) is 0 Å². The second-order valence-electron chi connectivity index (χ2n) is 5.00. The summed E-state index contributed by atoms with van der Waals surface area (Å²) in [6.45, 7) is 5.35. The Balaban J connectivity index is 2.94. The van der Waals surface area contributed by atoms with Crippen LogP contribution in [0.2, 0.25) is 0 Å². The molecule has 1 aromatic carbocycles. The van der Waals surface area contributed by atoms with Crippen LogP contribution < -0.4 is 14.8 Å². The molecular weight excluding hydrogens is 274 g/mol. The molecule has 0 saturated carbocycles. The summed E-state index contributed by atoms with van der Waals surface area (Å²) in [7, 11) is 1.53. The van der Waals surface area contributed by atoms with E-state index in [1.165, 1.54) is 7.11 Å². The Labute approximate surface area is 124 Å². The highest BCUT2D eigenvalue weighted by molar-refractivity contribution is 5.97. The molecule has 1 unspecified atom stereocenters. The Morgan fingerprint density at radius 3 is 2.48 bits per heavy atom. The number of benzene rings is 1. The van der Waals surface area contributed by atoms with Crippen LogP contribution in [-0.4, -0.2) is 36.2 Å². The standard InChI is InChI=1S/C15H21NO5/c1-9(2)21-13-8-11(20-4)5-6-12(13)15(19)16-10(3)7-14(17)18/h5-6,8-10H,7H2,1-4H3,(H,16,19)(H,17,18). The van der Waals surface area contributed by atoms with Crippen molar-refractivity contribution < 1.29 is 24.2 Å².